The van der Waals surface area contributed by atoms with E-state index in [-0.39, 0.29) is 41.0 Å². The van der Waals surface area contributed by atoms with E-state index in [0.29, 0.717) is 10.8 Å². The number of rotatable bonds is 8. The van der Waals surface area contributed by atoms with Crippen LogP contribution in [0.25, 0.3) is 0 Å². The largest absolute Gasteiger partial charge is 0.382 e. The monoisotopic (exact) mass is 435 g/mol. The normalized spacial score (nSPS) is 19.2. The maximum absolute atomic E-state index is 13.1. The molecular formula is C19H19F2N5O3S. The first-order valence-corrected chi connectivity index (χ1v) is 9.74. The number of halogens is 2. The summed E-state index contributed by atoms with van der Waals surface area (Å²) in [6, 6.07) is 0.948. The van der Waals surface area contributed by atoms with Crippen molar-refractivity contribution >= 4 is 34.0 Å². The molecule has 8 nitrogen and oxygen atoms in total. The summed E-state index contributed by atoms with van der Waals surface area (Å²) in [6.07, 6.45) is 3.37. The topological polar surface area (TPSA) is 123 Å². The molecule has 30 heavy (non-hydrogen) atoms. The summed E-state index contributed by atoms with van der Waals surface area (Å²) >= 11 is 0.970. The molecule has 2 aromatic heterocycles. The fraction of sp³-hybridized carbons (Fsp3) is 0.263. The number of allylic oxidation sites excluding steroid dienone is 5. The van der Waals surface area contributed by atoms with Gasteiger partial charge in [-0.2, -0.15) is 0 Å². The van der Waals surface area contributed by atoms with Crippen molar-refractivity contribution in [3.8, 4) is 0 Å². The third-order valence-electron chi connectivity index (χ3n) is 4.23. The van der Waals surface area contributed by atoms with E-state index >= 15 is 0 Å². The molecule has 0 aromatic carbocycles. The summed E-state index contributed by atoms with van der Waals surface area (Å²) < 4.78 is 30.9. The van der Waals surface area contributed by atoms with Crippen molar-refractivity contribution in [1.29, 1.82) is 0 Å². The van der Waals surface area contributed by atoms with E-state index in [1.54, 1.807) is 6.92 Å². The smallest absolute Gasteiger partial charge is 0.273 e. The number of ketones is 1. The van der Waals surface area contributed by atoms with Crippen LogP contribution in [0.15, 0.2) is 46.9 Å². The van der Waals surface area contributed by atoms with Crippen LogP contribution in [-0.2, 0) is 0 Å². The average Bonchev–Trinajstić information content (AvgIpc) is 3.31. The zero-order valence-corrected chi connectivity index (χ0v) is 16.8. The third kappa shape index (κ3) is 4.98. The number of carbonyl (C=O) groups is 2. The molecule has 0 atom stereocenters. The number of nitrogen functional groups attached to an aromatic ring is 1. The Morgan fingerprint density at radius 2 is 2.13 bits per heavy atom. The Kier molecular flexibility index (Phi) is 6.40. The number of nitrogens with zero attached hydrogens (tertiary/aromatic N) is 2. The van der Waals surface area contributed by atoms with Crippen molar-refractivity contribution in [2.45, 2.75) is 32.0 Å². The summed E-state index contributed by atoms with van der Waals surface area (Å²) in [4.78, 5) is 28.9. The minimum absolute atomic E-state index is 0.0287. The molecule has 0 radical (unpaired) electrons. The highest BCUT2D eigenvalue weighted by atomic mass is 32.1. The Hall–Kier alpha value is -3.34. The standard InChI is InChI=1S/C19H19F2N5O3S/c1-3-10(20)5-4-9(2)23-19-25-17(22)16(30-19)15(27)14-8-13(26-29-14)18(28)24-12-6-11(21)7-12/h3-5,8,11-12H,1,6-7,22H2,2H3,(H,23,25)(H,24,28)/b9-4+,10-5+/t11-,12+. The van der Waals surface area contributed by atoms with E-state index in [4.69, 9.17) is 10.3 Å². The first-order valence-electron chi connectivity index (χ1n) is 8.93. The lowest BCUT2D eigenvalue weighted by molar-refractivity contribution is 0.0849. The van der Waals surface area contributed by atoms with E-state index in [9.17, 15) is 18.4 Å². The molecule has 0 unspecified atom stereocenters. The molecule has 1 amide bonds. The number of thiazole rings is 1. The van der Waals surface area contributed by atoms with Crippen LogP contribution < -0.4 is 16.4 Å². The van der Waals surface area contributed by atoms with Gasteiger partial charge in [0, 0.05) is 17.8 Å². The van der Waals surface area contributed by atoms with Gasteiger partial charge in [0.05, 0.1) is 0 Å². The Bertz CT molecular complexity index is 1040. The van der Waals surface area contributed by atoms with Gasteiger partial charge >= 0.3 is 0 Å². The lowest BCUT2D eigenvalue weighted by atomic mass is 9.91. The summed E-state index contributed by atoms with van der Waals surface area (Å²) in [7, 11) is 0. The molecule has 0 saturated heterocycles. The third-order valence-corrected chi connectivity index (χ3v) is 5.22. The number of carbonyl (C=O) groups excluding carboxylic acids is 2. The highest BCUT2D eigenvalue weighted by Crippen LogP contribution is 2.29. The molecule has 158 valence electrons. The van der Waals surface area contributed by atoms with Gasteiger partial charge in [0.15, 0.2) is 10.8 Å². The molecule has 4 N–H and O–H groups in total. The van der Waals surface area contributed by atoms with Gasteiger partial charge in [0.1, 0.15) is 22.7 Å². The highest BCUT2D eigenvalue weighted by molar-refractivity contribution is 7.18. The van der Waals surface area contributed by atoms with E-state index in [2.05, 4.69) is 27.4 Å². The molecule has 3 rings (SSSR count). The summed E-state index contributed by atoms with van der Waals surface area (Å²) in [5.41, 5.74) is 6.30. The Morgan fingerprint density at radius 1 is 1.40 bits per heavy atom. The second-order valence-electron chi connectivity index (χ2n) is 6.61. The van der Waals surface area contributed by atoms with Crippen molar-refractivity contribution in [2.24, 2.45) is 0 Å². The van der Waals surface area contributed by atoms with Crippen molar-refractivity contribution in [3.05, 3.63) is 58.7 Å². The van der Waals surface area contributed by atoms with Gasteiger partial charge in [0.25, 0.3) is 5.91 Å². The quantitative estimate of drug-likeness (QED) is 0.428. The number of hydrogen-bond acceptors (Lipinski definition) is 8. The fourth-order valence-electron chi connectivity index (χ4n) is 2.56. The first-order chi connectivity index (χ1) is 14.3. The SMILES string of the molecule is C=C/C(F)=C\C=C(/C)Nc1nc(N)c(C(=O)c2cc(C(=O)N[C@H]3C[C@@H](F)C3)no2)s1. The molecule has 1 aliphatic carbocycles. The number of hydrogen-bond donors (Lipinski definition) is 3. The molecule has 0 spiro atoms. The average molecular weight is 435 g/mol. The molecule has 1 fully saturated rings. The lowest BCUT2D eigenvalue weighted by Gasteiger charge is -2.29. The molecule has 1 saturated carbocycles. The Morgan fingerprint density at radius 3 is 2.80 bits per heavy atom. The van der Waals surface area contributed by atoms with E-state index in [0.717, 1.165) is 17.4 Å². The maximum atomic E-state index is 13.1. The van der Waals surface area contributed by atoms with Gasteiger partial charge in [-0.15, -0.1) is 0 Å². The van der Waals surface area contributed by atoms with Gasteiger partial charge in [-0.05, 0) is 38.0 Å². The van der Waals surface area contributed by atoms with Gasteiger partial charge in [-0.25, -0.2) is 13.8 Å². The number of aromatic nitrogens is 2. The molecule has 0 bridgehead atoms. The molecule has 2 aromatic rings. The minimum Gasteiger partial charge on any atom is -0.382 e. The Labute approximate surface area is 174 Å². The first kappa shape index (κ1) is 21.4. The zero-order valence-electron chi connectivity index (χ0n) is 15.9. The van der Waals surface area contributed by atoms with E-state index in [1.807, 2.05) is 0 Å². The van der Waals surface area contributed by atoms with Crippen LogP contribution in [-0.4, -0.2) is 34.0 Å². The molecule has 0 aliphatic heterocycles. The van der Waals surface area contributed by atoms with Crippen molar-refractivity contribution in [1.82, 2.24) is 15.5 Å². The van der Waals surface area contributed by atoms with Gasteiger partial charge in [-0.3, -0.25) is 9.59 Å². The van der Waals surface area contributed by atoms with Crippen LogP contribution >= 0.6 is 11.3 Å². The lowest BCUT2D eigenvalue weighted by Crippen LogP contribution is -2.45. The van der Waals surface area contributed by atoms with E-state index < -0.39 is 23.7 Å². The number of nitrogens with two attached hydrogens (primary N) is 1. The molecule has 11 heteroatoms. The van der Waals surface area contributed by atoms with Crippen LogP contribution in [0.1, 0.15) is 45.7 Å². The zero-order chi connectivity index (χ0) is 21.8. The second kappa shape index (κ2) is 8.99. The maximum Gasteiger partial charge on any atom is 0.273 e. The highest BCUT2D eigenvalue weighted by Gasteiger charge is 2.31. The number of anilines is 2. The van der Waals surface area contributed by atoms with Crippen LogP contribution in [0.4, 0.5) is 19.7 Å². The van der Waals surface area contributed by atoms with Crippen molar-refractivity contribution in [2.75, 3.05) is 11.1 Å². The summed E-state index contributed by atoms with van der Waals surface area (Å²) in [6.45, 7) is 4.99. The predicted molar refractivity (Wildman–Crippen MR) is 109 cm³/mol. The van der Waals surface area contributed by atoms with Crippen molar-refractivity contribution in [3.63, 3.8) is 0 Å². The number of alkyl halides is 1. The van der Waals surface area contributed by atoms with Gasteiger partial charge in [0.2, 0.25) is 11.5 Å². The van der Waals surface area contributed by atoms with Crippen LogP contribution in [0.5, 0.6) is 0 Å². The number of amides is 1. The number of nitrogens with one attached hydrogen (secondary N) is 2. The minimum atomic E-state index is -0.905. The van der Waals surface area contributed by atoms with Gasteiger partial charge in [-0.1, -0.05) is 23.1 Å². The Balaban J connectivity index is 1.68. The summed E-state index contributed by atoms with van der Waals surface area (Å²) in [5, 5.41) is 9.43. The summed E-state index contributed by atoms with van der Waals surface area (Å²) in [5.74, 6) is -1.84. The second-order valence-corrected chi connectivity index (χ2v) is 7.61. The molecule has 2 heterocycles. The van der Waals surface area contributed by atoms with Crippen molar-refractivity contribution < 1.29 is 22.9 Å². The fourth-order valence-corrected chi connectivity index (χ4v) is 3.45. The van der Waals surface area contributed by atoms with Gasteiger partial charge < -0.3 is 20.9 Å². The molecular weight excluding hydrogens is 416 g/mol. The van der Waals surface area contributed by atoms with E-state index in [1.165, 1.54) is 18.2 Å². The molecule has 1 aliphatic rings. The predicted octanol–water partition coefficient (Wildman–Crippen LogP) is 3.53. The van der Waals surface area contributed by atoms with Crippen LogP contribution in [0.2, 0.25) is 0 Å². The van der Waals surface area contributed by atoms with Crippen LogP contribution in [0.3, 0.4) is 0 Å². The van der Waals surface area contributed by atoms with Crippen LogP contribution in [0, 0.1) is 0 Å².